The van der Waals surface area contributed by atoms with Gasteiger partial charge in [-0.3, -0.25) is 0 Å². The van der Waals surface area contributed by atoms with E-state index in [1.54, 1.807) is 6.92 Å². The molecular formula is C16H16O7. The number of aliphatic hydroxyl groups excluding tert-OH is 2. The van der Waals surface area contributed by atoms with E-state index in [4.69, 9.17) is 14.9 Å². The van der Waals surface area contributed by atoms with Crippen LogP contribution in [0.4, 0.5) is 0 Å². The molecule has 0 heterocycles. The van der Waals surface area contributed by atoms with E-state index in [1.807, 2.05) is 0 Å². The summed E-state index contributed by atoms with van der Waals surface area (Å²) in [7, 11) is 0. The van der Waals surface area contributed by atoms with Crippen LogP contribution in [0.3, 0.4) is 0 Å². The third-order valence-electron chi connectivity index (χ3n) is 2.65. The van der Waals surface area contributed by atoms with Crippen LogP contribution in [0.5, 0.6) is 17.2 Å². The zero-order valence-corrected chi connectivity index (χ0v) is 12.4. The zero-order chi connectivity index (χ0) is 17.4. The second kappa shape index (κ2) is 8.54. The normalized spacial score (nSPS) is 9.35. The molecule has 0 amide bonds. The highest BCUT2D eigenvalue weighted by Crippen LogP contribution is 2.42. The van der Waals surface area contributed by atoms with Crippen molar-refractivity contribution in [1.29, 1.82) is 0 Å². The topological polar surface area (TPSA) is 127 Å². The first kappa shape index (κ1) is 18.2. The van der Waals surface area contributed by atoms with Gasteiger partial charge in [0.25, 0.3) is 0 Å². The molecule has 0 saturated heterocycles. The van der Waals surface area contributed by atoms with Crippen LogP contribution in [-0.4, -0.2) is 51.3 Å². The van der Waals surface area contributed by atoms with Gasteiger partial charge in [0.2, 0.25) is 5.75 Å². The second-order valence-corrected chi connectivity index (χ2v) is 4.23. The molecule has 0 saturated carbocycles. The Morgan fingerprint density at radius 2 is 1.43 bits per heavy atom. The van der Waals surface area contributed by atoms with Crippen LogP contribution in [0, 0.1) is 23.7 Å². The summed E-state index contributed by atoms with van der Waals surface area (Å²) in [6.45, 7) is 0.753. The molecule has 0 aromatic heterocycles. The number of carbonyl (C=O) groups is 1. The summed E-state index contributed by atoms with van der Waals surface area (Å²) in [5.74, 6) is 5.62. The lowest BCUT2D eigenvalue weighted by Gasteiger charge is -2.13. The molecule has 1 rings (SSSR count). The van der Waals surface area contributed by atoms with Crippen LogP contribution in [-0.2, 0) is 4.74 Å². The van der Waals surface area contributed by atoms with E-state index in [9.17, 15) is 20.1 Å². The number of hydrogen-bond donors (Lipinski definition) is 5. The highest BCUT2D eigenvalue weighted by molar-refractivity contribution is 5.98. The summed E-state index contributed by atoms with van der Waals surface area (Å²) >= 11 is 0. The summed E-state index contributed by atoms with van der Waals surface area (Å²) < 4.78 is 4.97. The lowest BCUT2D eigenvalue weighted by molar-refractivity contribution is 0.0503. The number of aliphatic hydroxyl groups is 2. The molecule has 0 spiro atoms. The fraction of sp³-hybridized carbons (Fsp3) is 0.312. The van der Waals surface area contributed by atoms with Crippen molar-refractivity contribution >= 4 is 5.97 Å². The average Bonchev–Trinajstić information content (AvgIpc) is 2.55. The molecule has 1 aromatic carbocycles. The molecule has 0 atom stereocenters. The largest absolute Gasteiger partial charge is 0.503 e. The van der Waals surface area contributed by atoms with Crippen LogP contribution >= 0.6 is 0 Å². The average molecular weight is 320 g/mol. The molecule has 7 nitrogen and oxygen atoms in total. The van der Waals surface area contributed by atoms with Gasteiger partial charge in [-0.25, -0.2) is 4.79 Å². The second-order valence-electron chi connectivity index (χ2n) is 4.23. The van der Waals surface area contributed by atoms with E-state index in [0.717, 1.165) is 0 Å². The first-order valence-corrected chi connectivity index (χ1v) is 6.66. The number of hydrogen-bond acceptors (Lipinski definition) is 7. The summed E-state index contributed by atoms with van der Waals surface area (Å²) in [6, 6.07) is 0. The minimum Gasteiger partial charge on any atom is -0.503 e. The molecule has 0 radical (unpaired) electrons. The molecule has 0 bridgehead atoms. The van der Waals surface area contributed by atoms with Gasteiger partial charge in [0.1, 0.15) is 13.2 Å². The van der Waals surface area contributed by atoms with E-state index in [1.165, 1.54) is 0 Å². The molecule has 0 unspecified atom stereocenters. The van der Waals surface area contributed by atoms with Crippen molar-refractivity contribution in [1.82, 2.24) is 0 Å². The number of ether oxygens (including phenoxy) is 1. The smallest absolute Gasteiger partial charge is 0.340 e. The highest BCUT2D eigenvalue weighted by atomic mass is 16.5. The van der Waals surface area contributed by atoms with E-state index in [0.29, 0.717) is 6.42 Å². The molecule has 5 N–H and O–H groups in total. The Kier molecular flexibility index (Phi) is 6.75. The summed E-state index contributed by atoms with van der Waals surface area (Å²) in [4.78, 5) is 12.2. The number of phenols is 3. The highest BCUT2D eigenvalue weighted by Gasteiger charge is 2.27. The molecule has 0 aliphatic carbocycles. The Bertz CT molecular complexity index is 665. The van der Waals surface area contributed by atoms with Crippen molar-refractivity contribution in [2.75, 3.05) is 19.8 Å². The quantitative estimate of drug-likeness (QED) is 0.303. The van der Waals surface area contributed by atoms with E-state index >= 15 is 0 Å². The van der Waals surface area contributed by atoms with Crippen molar-refractivity contribution in [2.24, 2.45) is 0 Å². The number of esters is 1. The van der Waals surface area contributed by atoms with Gasteiger partial charge in [-0.2, -0.15) is 0 Å². The number of aromatic hydroxyl groups is 3. The van der Waals surface area contributed by atoms with Gasteiger partial charge < -0.3 is 30.3 Å². The maximum atomic E-state index is 12.2. The van der Waals surface area contributed by atoms with Crippen LogP contribution in [0.2, 0.25) is 0 Å². The minimum absolute atomic E-state index is 0.0843. The molecule has 7 heteroatoms. The van der Waals surface area contributed by atoms with Crippen molar-refractivity contribution in [3.05, 3.63) is 16.7 Å². The fourth-order valence-electron chi connectivity index (χ4n) is 1.68. The maximum Gasteiger partial charge on any atom is 0.340 e. The Balaban J connectivity index is 3.72. The predicted octanol–water partition coefficient (Wildman–Crippen LogP) is 0.0578. The molecular weight excluding hydrogens is 304 g/mol. The fourth-order valence-corrected chi connectivity index (χ4v) is 1.68. The van der Waals surface area contributed by atoms with E-state index < -0.39 is 36.4 Å². The number of benzene rings is 1. The van der Waals surface area contributed by atoms with Crippen LogP contribution in [0.1, 0.15) is 34.8 Å². The minimum atomic E-state index is -0.915. The third-order valence-corrected chi connectivity index (χ3v) is 2.65. The van der Waals surface area contributed by atoms with Crippen molar-refractivity contribution in [2.45, 2.75) is 13.3 Å². The SMILES string of the molecule is CCCOC(=O)c1c(C#CCO)c(O)c(O)c(O)c1C#CCO. The molecule has 122 valence electrons. The summed E-state index contributed by atoms with van der Waals surface area (Å²) in [6.07, 6.45) is 0.539. The van der Waals surface area contributed by atoms with Gasteiger partial charge >= 0.3 is 5.97 Å². The molecule has 0 aliphatic heterocycles. The van der Waals surface area contributed by atoms with Crippen LogP contribution in [0.25, 0.3) is 0 Å². The summed E-state index contributed by atoms with van der Waals surface area (Å²) in [5.41, 5.74) is -1.02. The zero-order valence-electron chi connectivity index (χ0n) is 12.4. The standard InChI is InChI=1S/C16H16O7/c1-2-9-23-16(22)12-10(5-3-7-17)13(19)15(21)14(20)11(12)6-4-8-18/h17-21H,2,7-9H2,1H3. The maximum absolute atomic E-state index is 12.2. The third kappa shape index (κ3) is 4.07. The summed E-state index contributed by atoms with van der Waals surface area (Å²) in [5, 5.41) is 47.1. The Hall–Kier alpha value is -2.87. The Morgan fingerprint density at radius 3 is 1.83 bits per heavy atom. The first-order valence-electron chi connectivity index (χ1n) is 6.66. The Morgan fingerprint density at radius 1 is 0.957 bits per heavy atom. The number of carbonyl (C=O) groups excluding carboxylic acids is 1. The molecule has 23 heavy (non-hydrogen) atoms. The van der Waals surface area contributed by atoms with Gasteiger partial charge in [0.15, 0.2) is 11.5 Å². The lowest BCUT2D eigenvalue weighted by Crippen LogP contribution is -2.11. The van der Waals surface area contributed by atoms with Crippen molar-refractivity contribution in [3.8, 4) is 40.9 Å². The number of phenolic OH excluding ortho intramolecular Hbond substituents is 3. The predicted molar refractivity (Wildman–Crippen MR) is 79.9 cm³/mol. The monoisotopic (exact) mass is 320 g/mol. The lowest BCUT2D eigenvalue weighted by atomic mass is 9.98. The van der Waals surface area contributed by atoms with Gasteiger partial charge in [-0.1, -0.05) is 30.6 Å². The molecule has 0 aliphatic rings. The number of rotatable bonds is 3. The van der Waals surface area contributed by atoms with Gasteiger partial charge in [-0.15, -0.1) is 0 Å². The van der Waals surface area contributed by atoms with Gasteiger partial charge in [0, 0.05) is 0 Å². The van der Waals surface area contributed by atoms with E-state index in [-0.39, 0.29) is 23.3 Å². The van der Waals surface area contributed by atoms with Crippen molar-refractivity contribution < 1.29 is 35.1 Å². The van der Waals surface area contributed by atoms with Crippen molar-refractivity contribution in [3.63, 3.8) is 0 Å². The first-order chi connectivity index (χ1) is 11.0. The molecule has 1 aromatic rings. The van der Waals surface area contributed by atoms with Gasteiger partial charge in [-0.05, 0) is 6.42 Å². The van der Waals surface area contributed by atoms with E-state index in [2.05, 4.69) is 23.7 Å². The van der Waals surface area contributed by atoms with Crippen LogP contribution < -0.4 is 0 Å². The Labute approximate surface area is 132 Å². The molecule has 0 fully saturated rings. The van der Waals surface area contributed by atoms with Crippen LogP contribution in [0.15, 0.2) is 0 Å². The van der Waals surface area contributed by atoms with Gasteiger partial charge in [0.05, 0.1) is 23.3 Å².